The molecule has 18 heavy (non-hydrogen) atoms. The van der Waals surface area contributed by atoms with Crippen molar-refractivity contribution in [3.8, 4) is 6.07 Å². The maximum atomic E-state index is 12.0. The van der Waals surface area contributed by atoms with Crippen LogP contribution in [0.4, 0.5) is 5.69 Å². The Morgan fingerprint density at radius 1 is 1.44 bits per heavy atom. The van der Waals surface area contributed by atoms with Gasteiger partial charge in [0.1, 0.15) is 6.07 Å². The highest BCUT2D eigenvalue weighted by molar-refractivity contribution is 5.96. The first-order valence-corrected chi connectivity index (χ1v) is 5.77. The average molecular weight is 243 g/mol. The molecule has 1 aliphatic rings. The zero-order valence-corrected chi connectivity index (χ0v) is 9.77. The van der Waals surface area contributed by atoms with Crippen LogP contribution in [-0.2, 0) is 9.59 Å². The van der Waals surface area contributed by atoms with Gasteiger partial charge in [0, 0.05) is 18.9 Å². The number of amides is 2. The largest absolute Gasteiger partial charge is 0.356 e. The molecule has 92 valence electrons. The number of piperidine rings is 1. The fourth-order valence-corrected chi connectivity index (χ4v) is 1.93. The average Bonchev–Trinajstić information content (AvgIpc) is 2.39. The third kappa shape index (κ3) is 2.66. The van der Waals surface area contributed by atoms with Crippen molar-refractivity contribution < 1.29 is 9.59 Å². The van der Waals surface area contributed by atoms with E-state index in [1.165, 1.54) is 0 Å². The first kappa shape index (κ1) is 12.1. The summed E-state index contributed by atoms with van der Waals surface area (Å²) in [6.07, 6.45) is 0.840. The van der Waals surface area contributed by atoms with E-state index in [1.807, 2.05) is 6.07 Å². The number of anilines is 1. The Balaban J connectivity index is 2.07. The molecule has 2 rings (SSSR count). The summed E-state index contributed by atoms with van der Waals surface area (Å²) in [7, 11) is 0. The van der Waals surface area contributed by atoms with Gasteiger partial charge in [0.15, 0.2) is 0 Å². The molecule has 1 atom stereocenters. The molecule has 1 fully saturated rings. The molecule has 0 aromatic heterocycles. The van der Waals surface area contributed by atoms with Crippen molar-refractivity contribution in [1.82, 2.24) is 5.32 Å². The van der Waals surface area contributed by atoms with Crippen LogP contribution < -0.4 is 10.6 Å². The summed E-state index contributed by atoms with van der Waals surface area (Å²) in [4.78, 5) is 23.2. The summed E-state index contributed by atoms with van der Waals surface area (Å²) < 4.78 is 0. The maximum absolute atomic E-state index is 12.0. The summed E-state index contributed by atoms with van der Waals surface area (Å²) in [5, 5.41) is 14.3. The van der Waals surface area contributed by atoms with Gasteiger partial charge < -0.3 is 10.6 Å². The van der Waals surface area contributed by atoms with Gasteiger partial charge in [0.25, 0.3) is 0 Å². The molecular formula is C13H13N3O2. The lowest BCUT2D eigenvalue weighted by Gasteiger charge is -2.21. The van der Waals surface area contributed by atoms with Gasteiger partial charge >= 0.3 is 0 Å². The Labute approximate surface area is 105 Å². The van der Waals surface area contributed by atoms with Gasteiger partial charge in [0.05, 0.1) is 11.3 Å². The van der Waals surface area contributed by atoms with Gasteiger partial charge in [-0.1, -0.05) is 12.1 Å². The standard InChI is InChI=1S/C13H13N3O2/c14-8-10-3-1-2-4-11(10)16-13(18)9-5-6-15-12(17)7-9/h1-4,9H,5-7H2,(H,15,17)(H,16,18). The lowest BCUT2D eigenvalue weighted by atomic mass is 9.96. The highest BCUT2D eigenvalue weighted by Crippen LogP contribution is 2.18. The predicted molar refractivity (Wildman–Crippen MR) is 65.5 cm³/mol. The predicted octanol–water partition coefficient (Wildman–Crippen LogP) is 1.02. The first-order chi connectivity index (χ1) is 8.70. The molecule has 1 unspecified atom stereocenters. The Morgan fingerprint density at radius 3 is 2.94 bits per heavy atom. The van der Waals surface area contributed by atoms with E-state index >= 15 is 0 Å². The normalized spacial score (nSPS) is 18.6. The Kier molecular flexibility index (Phi) is 3.58. The molecule has 2 amide bonds. The quantitative estimate of drug-likeness (QED) is 0.813. The summed E-state index contributed by atoms with van der Waals surface area (Å²) in [6.45, 7) is 0.525. The molecule has 0 aliphatic carbocycles. The van der Waals surface area contributed by atoms with Crippen molar-refractivity contribution >= 4 is 17.5 Å². The molecule has 0 saturated carbocycles. The van der Waals surface area contributed by atoms with E-state index in [0.717, 1.165) is 0 Å². The topological polar surface area (TPSA) is 82.0 Å². The smallest absolute Gasteiger partial charge is 0.228 e. The number of rotatable bonds is 2. The number of nitrogens with zero attached hydrogens (tertiary/aromatic N) is 1. The molecule has 5 nitrogen and oxygen atoms in total. The van der Waals surface area contributed by atoms with Gasteiger partial charge in [-0.2, -0.15) is 5.26 Å². The van der Waals surface area contributed by atoms with Crippen LogP contribution in [-0.4, -0.2) is 18.4 Å². The van der Waals surface area contributed by atoms with E-state index in [4.69, 9.17) is 5.26 Å². The molecule has 1 aliphatic heterocycles. The molecule has 0 radical (unpaired) electrons. The van der Waals surface area contributed by atoms with Crippen molar-refractivity contribution in [3.63, 3.8) is 0 Å². The molecule has 0 bridgehead atoms. The van der Waals surface area contributed by atoms with Crippen LogP contribution in [0.2, 0.25) is 0 Å². The zero-order valence-electron chi connectivity index (χ0n) is 9.77. The Morgan fingerprint density at radius 2 is 2.22 bits per heavy atom. The SMILES string of the molecule is N#Cc1ccccc1NC(=O)C1CCNC(=O)C1. The molecule has 5 heteroatoms. The molecular weight excluding hydrogens is 230 g/mol. The summed E-state index contributed by atoms with van der Waals surface area (Å²) >= 11 is 0. The zero-order chi connectivity index (χ0) is 13.0. The lowest BCUT2D eigenvalue weighted by molar-refractivity contribution is -0.129. The molecule has 1 saturated heterocycles. The minimum atomic E-state index is -0.314. The maximum Gasteiger partial charge on any atom is 0.228 e. The summed E-state index contributed by atoms with van der Waals surface area (Å²) in [5.74, 6) is -0.618. The molecule has 2 N–H and O–H groups in total. The number of para-hydroxylation sites is 1. The van der Waals surface area contributed by atoms with E-state index < -0.39 is 0 Å². The third-order valence-corrected chi connectivity index (χ3v) is 2.92. The van der Waals surface area contributed by atoms with E-state index in [9.17, 15) is 9.59 Å². The van der Waals surface area contributed by atoms with Crippen LogP contribution in [0.3, 0.4) is 0 Å². The fraction of sp³-hybridized carbons (Fsp3) is 0.308. The van der Waals surface area contributed by atoms with Gasteiger partial charge in [-0.25, -0.2) is 0 Å². The fourth-order valence-electron chi connectivity index (χ4n) is 1.93. The van der Waals surface area contributed by atoms with Crippen molar-refractivity contribution in [3.05, 3.63) is 29.8 Å². The van der Waals surface area contributed by atoms with Crippen LogP contribution in [0, 0.1) is 17.2 Å². The van der Waals surface area contributed by atoms with Gasteiger partial charge in [-0.3, -0.25) is 9.59 Å². The highest BCUT2D eigenvalue weighted by atomic mass is 16.2. The summed E-state index contributed by atoms with van der Waals surface area (Å²) in [6, 6.07) is 8.83. The van der Waals surface area contributed by atoms with Crippen LogP contribution in [0.15, 0.2) is 24.3 Å². The van der Waals surface area contributed by atoms with E-state index in [2.05, 4.69) is 10.6 Å². The van der Waals surface area contributed by atoms with Crippen LogP contribution in [0.25, 0.3) is 0 Å². The lowest BCUT2D eigenvalue weighted by Crippen LogP contribution is -2.38. The van der Waals surface area contributed by atoms with Crippen molar-refractivity contribution in [2.45, 2.75) is 12.8 Å². The Bertz CT molecular complexity index is 519. The minimum absolute atomic E-state index is 0.102. The number of benzene rings is 1. The number of nitriles is 1. The second-order valence-electron chi connectivity index (χ2n) is 4.19. The minimum Gasteiger partial charge on any atom is -0.356 e. The number of hydrogen-bond acceptors (Lipinski definition) is 3. The van der Waals surface area contributed by atoms with Crippen molar-refractivity contribution in [2.75, 3.05) is 11.9 Å². The third-order valence-electron chi connectivity index (χ3n) is 2.92. The van der Waals surface area contributed by atoms with Gasteiger partial charge in [-0.15, -0.1) is 0 Å². The number of carbonyl (C=O) groups is 2. The first-order valence-electron chi connectivity index (χ1n) is 5.77. The van der Waals surface area contributed by atoms with E-state index in [-0.39, 0.29) is 24.2 Å². The van der Waals surface area contributed by atoms with Crippen molar-refractivity contribution in [1.29, 1.82) is 5.26 Å². The Hall–Kier alpha value is -2.35. The summed E-state index contributed by atoms with van der Waals surface area (Å²) in [5.41, 5.74) is 0.919. The number of hydrogen-bond donors (Lipinski definition) is 2. The number of nitrogens with one attached hydrogen (secondary N) is 2. The molecule has 0 spiro atoms. The van der Waals surface area contributed by atoms with E-state index in [1.54, 1.807) is 24.3 Å². The van der Waals surface area contributed by atoms with Crippen LogP contribution >= 0.6 is 0 Å². The molecule has 1 heterocycles. The van der Waals surface area contributed by atoms with Crippen LogP contribution in [0.1, 0.15) is 18.4 Å². The highest BCUT2D eigenvalue weighted by Gasteiger charge is 2.25. The molecule has 1 aromatic carbocycles. The second-order valence-corrected chi connectivity index (χ2v) is 4.19. The molecule has 1 aromatic rings. The second kappa shape index (κ2) is 5.32. The van der Waals surface area contributed by atoms with Crippen LogP contribution in [0.5, 0.6) is 0 Å². The van der Waals surface area contributed by atoms with Gasteiger partial charge in [-0.05, 0) is 18.6 Å². The number of carbonyl (C=O) groups excluding carboxylic acids is 2. The van der Waals surface area contributed by atoms with Crippen molar-refractivity contribution in [2.24, 2.45) is 5.92 Å². The van der Waals surface area contributed by atoms with E-state index in [0.29, 0.717) is 24.2 Å². The monoisotopic (exact) mass is 243 g/mol. The van der Waals surface area contributed by atoms with Gasteiger partial charge in [0.2, 0.25) is 11.8 Å².